The second-order valence-corrected chi connectivity index (χ2v) is 8.69. The summed E-state index contributed by atoms with van der Waals surface area (Å²) in [5.74, 6) is 0.943. The molecule has 0 spiro atoms. The van der Waals surface area contributed by atoms with Gasteiger partial charge in [-0.1, -0.05) is 12.1 Å². The number of carbonyl (C=O) groups excluding carboxylic acids is 1. The largest absolute Gasteiger partial charge is 0.325 e. The van der Waals surface area contributed by atoms with E-state index in [1.807, 2.05) is 31.2 Å². The number of amides is 1. The van der Waals surface area contributed by atoms with Gasteiger partial charge in [0.1, 0.15) is 32.0 Å². The van der Waals surface area contributed by atoms with Gasteiger partial charge < -0.3 is 15.1 Å². The molecule has 0 unspecified atom stereocenters. The number of carbonyl (C=O) groups is 1. The summed E-state index contributed by atoms with van der Waals surface area (Å²) in [5, 5.41) is 3.07. The molecule has 3 N–H and O–H groups in total. The van der Waals surface area contributed by atoms with Gasteiger partial charge in [0.2, 0.25) is 0 Å². The first-order valence-electron chi connectivity index (χ1n) is 9.93. The Bertz CT molecular complexity index is 789. The summed E-state index contributed by atoms with van der Waals surface area (Å²) in [6.45, 7) is 9.98. The number of thioether (sulfide) groups is 1. The minimum atomic E-state index is -0.185. The smallest absolute Gasteiger partial charge is 0.279 e. The summed E-state index contributed by atoms with van der Waals surface area (Å²) in [7, 11) is 0. The van der Waals surface area contributed by atoms with Crippen LogP contribution >= 0.6 is 11.8 Å². The minimum Gasteiger partial charge on any atom is -0.325 e. The van der Waals surface area contributed by atoms with Gasteiger partial charge in [-0.3, -0.25) is 4.79 Å². The Labute approximate surface area is 171 Å². The molecule has 0 aromatic heterocycles. The predicted octanol–water partition coefficient (Wildman–Crippen LogP) is 0.957. The van der Waals surface area contributed by atoms with E-state index in [1.54, 1.807) is 16.7 Å². The number of aryl methyl sites for hydroxylation is 1. The highest BCUT2D eigenvalue weighted by atomic mass is 32.2. The van der Waals surface area contributed by atoms with E-state index in [0.29, 0.717) is 6.54 Å². The molecular formula is C22H30FN3OS+2. The fourth-order valence-corrected chi connectivity index (χ4v) is 4.49. The molecule has 1 aliphatic rings. The van der Waals surface area contributed by atoms with Gasteiger partial charge in [0.25, 0.3) is 5.91 Å². The number of hydrogen-bond donors (Lipinski definition) is 3. The van der Waals surface area contributed by atoms with Gasteiger partial charge in [0.05, 0.1) is 6.54 Å². The number of quaternary nitrogens is 2. The molecule has 0 saturated carbocycles. The van der Waals surface area contributed by atoms with Gasteiger partial charge >= 0.3 is 0 Å². The second kappa shape index (κ2) is 10.0. The van der Waals surface area contributed by atoms with Crippen LogP contribution in [0.2, 0.25) is 0 Å². The lowest BCUT2D eigenvalue weighted by Crippen LogP contribution is -3.28. The third-order valence-corrected chi connectivity index (χ3v) is 6.51. The standard InChI is InChI=1S/C22H28FN3OS/c1-17-4-3-5-21(18(17)2)24-22(27)16-26-12-10-25(11-13-26)14-15-28-20-8-6-19(23)7-9-20/h3-9H,10-16H2,1-2H3,(H,24,27)/p+2. The Morgan fingerprint density at radius 1 is 1.04 bits per heavy atom. The molecule has 150 valence electrons. The summed E-state index contributed by atoms with van der Waals surface area (Å²) in [4.78, 5) is 16.5. The van der Waals surface area contributed by atoms with E-state index in [-0.39, 0.29) is 11.7 Å². The summed E-state index contributed by atoms with van der Waals surface area (Å²) in [5.41, 5.74) is 3.26. The maximum Gasteiger partial charge on any atom is 0.279 e. The van der Waals surface area contributed by atoms with Crippen LogP contribution in [0.3, 0.4) is 0 Å². The van der Waals surface area contributed by atoms with Crippen molar-refractivity contribution in [1.29, 1.82) is 0 Å². The zero-order chi connectivity index (χ0) is 19.9. The van der Waals surface area contributed by atoms with E-state index in [1.165, 1.54) is 22.6 Å². The Balaban J connectivity index is 1.36. The number of hydrogen-bond acceptors (Lipinski definition) is 2. The van der Waals surface area contributed by atoms with E-state index in [2.05, 4.69) is 18.3 Å². The molecule has 4 nitrogen and oxygen atoms in total. The first kappa shape index (κ1) is 20.8. The molecule has 2 aromatic carbocycles. The Hall–Kier alpha value is -1.89. The summed E-state index contributed by atoms with van der Waals surface area (Å²) in [6.07, 6.45) is 0. The molecular weight excluding hydrogens is 373 g/mol. The average Bonchev–Trinajstić information content (AvgIpc) is 2.68. The van der Waals surface area contributed by atoms with E-state index >= 15 is 0 Å². The molecule has 1 heterocycles. The van der Waals surface area contributed by atoms with Crippen molar-refractivity contribution in [2.24, 2.45) is 0 Å². The zero-order valence-electron chi connectivity index (χ0n) is 16.7. The van der Waals surface area contributed by atoms with Crippen LogP contribution in [0.5, 0.6) is 0 Å². The normalized spacial score (nSPS) is 19.4. The van der Waals surface area contributed by atoms with Gasteiger partial charge in [-0.05, 0) is 55.3 Å². The molecule has 1 saturated heterocycles. The third-order valence-electron chi connectivity index (χ3n) is 5.49. The molecule has 28 heavy (non-hydrogen) atoms. The number of nitrogens with one attached hydrogen (secondary N) is 3. The van der Waals surface area contributed by atoms with Gasteiger partial charge in [-0.15, -0.1) is 11.8 Å². The maximum absolute atomic E-state index is 12.9. The Kier molecular flexibility index (Phi) is 7.48. The van der Waals surface area contributed by atoms with Crippen LogP contribution in [0.25, 0.3) is 0 Å². The van der Waals surface area contributed by atoms with Crippen molar-refractivity contribution in [2.75, 3.05) is 50.3 Å². The molecule has 1 fully saturated rings. The van der Waals surface area contributed by atoms with Crippen molar-refractivity contribution < 1.29 is 19.0 Å². The van der Waals surface area contributed by atoms with Crippen LogP contribution in [-0.4, -0.2) is 50.9 Å². The lowest BCUT2D eigenvalue weighted by atomic mass is 10.1. The monoisotopic (exact) mass is 403 g/mol. The van der Waals surface area contributed by atoms with E-state index in [9.17, 15) is 9.18 Å². The number of piperazine rings is 1. The first-order chi connectivity index (χ1) is 13.5. The second-order valence-electron chi connectivity index (χ2n) is 7.52. The van der Waals surface area contributed by atoms with Crippen molar-refractivity contribution in [3.05, 3.63) is 59.4 Å². The third kappa shape index (κ3) is 6.06. The number of benzene rings is 2. The van der Waals surface area contributed by atoms with Crippen molar-refractivity contribution in [3.63, 3.8) is 0 Å². The molecule has 0 bridgehead atoms. The highest BCUT2D eigenvalue weighted by molar-refractivity contribution is 7.99. The lowest BCUT2D eigenvalue weighted by molar-refractivity contribution is -1.01. The van der Waals surface area contributed by atoms with Crippen LogP contribution in [-0.2, 0) is 4.79 Å². The van der Waals surface area contributed by atoms with Crippen LogP contribution in [0.1, 0.15) is 11.1 Å². The van der Waals surface area contributed by atoms with Crippen LogP contribution in [0.15, 0.2) is 47.4 Å². The van der Waals surface area contributed by atoms with Crippen LogP contribution < -0.4 is 15.1 Å². The van der Waals surface area contributed by atoms with Crippen LogP contribution in [0.4, 0.5) is 10.1 Å². The van der Waals surface area contributed by atoms with E-state index < -0.39 is 0 Å². The van der Waals surface area contributed by atoms with Gasteiger partial charge in [0, 0.05) is 16.3 Å². The number of halogens is 1. The number of anilines is 1. The van der Waals surface area contributed by atoms with Crippen molar-refractivity contribution >= 4 is 23.4 Å². The SMILES string of the molecule is Cc1cccc(NC(=O)C[NH+]2CC[NH+](CCSc3ccc(F)cc3)CC2)c1C. The molecule has 2 aromatic rings. The highest BCUT2D eigenvalue weighted by Crippen LogP contribution is 2.18. The predicted molar refractivity (Wildman–Crippen MR) is 113 cm³/mol. The Morgan fingerprint density at radius 2 is 1.71 bits per heavy atom. The maximum atomic E-state index is 12.9. The fourth-order valence-electron chi connectivity index (χ4n) is 3.54. The van der Waals surface area contributed by atoms with Crippen molar-refractivity contribution in [2.45, 2.75) is 18.7 Å². The lowest BCUT2D eigenvalue weighted by Gasteiger charge is -2.29. The highest BCUT2D eigenvalue weighted by Gasteiger charge is 2.24. The molecule has 0 atom stereocenters. The quantitative estimate of drug-likeness (QED) is 0.603. The summed E-state index contributed by atoms with van der Waals surface area (Å²) >= 11 is 1.78. The molecule has 0 aliphatic carbocycles. The molecule has 3 rings (SSSR count). The Morgan fingerprint density at radius 3 is 2.43 bits per heavy atom. The molecule has 6 heteroatoms. The molecule has 0 radical (unpaired) electrons. The fraction of sp³-hybridized carbons (Fsp3) is 0.409. The van der Waals surface area contributed by atoms with Gasteiger partial charge in [-0.2, -0.15) is 0 Å². The summed E-state index contributed by atoms with van der Waals surface area (Å²) in [6, 6.07) is 12.7. The molecule has 1 amide bonds. The van der Waals surface area contributed by atoms with Crippen LogP contribution in [0, 0.1) is 19.7 Å². The van der Waals surface area contributed by atoms with E-state index in [0.717, 1.165) is 54.6 Å². The molecule has 1 aliphatic heterocycles. The zero-order valence-corrected chi connectivity index (χ0v) is 17.5. The minimum absolute atomic E-state index is 0.0963. The van der Waals surface area contributed by atoms with Crippen molar-refractivity contribution in [3.8, 4) is 0 Å². The summed E-state index contributed by atoms with van der Waals surface area (Å²) < 4.78 is 12.9. The first-order valence-corrected chi connectivity index (χ1v) is 10.9. The van der Waals surface area contributed by atoms with Crippen molar-refractivity contribution in [1.82, 2.24) is 0 Å². The van der Waals surface area contributed by atoms with Gasteiger partial charge in [0.15, 0.2) is 6.54 Å². The number of rotatable bonds is 7. The van der Waals surface area contributed by atoms with E-state index in [4.69, 9.17) is 0 Å². The van der Waals surface area contributed by atoms with Gasteiger partial charge in [-0.25, -0.2) is 4.39 Å². The topological polar surface area (TPSA) is 38.0 Å². The average molecular weight is 404 g/mol.